The van der Waals surface area contributed by atoms with Gasteiger partial charge >= 0.3 is 6.03 Å². The molecule has 2 N–H and O–H groups in total. The van der Waals surface area contributed by atoms with Gasteiger partial charge in [-0.05, 0) is 24.3 Å². The summed E-state index contributed by atoms with van der Waals surface area (Å²) in [6.07, 6.45) is 3.09. The number of fused-ring (bicyclic) bond motifs is 2. The molecule has 0 radical (unpaired) electrons. The van der Waals surface area contributed by atoms with Crippen LogP contribution in [0.3, 0.4) is 0 Å². The number of rotatable bonds is 3. The molecule has 2 amide bonds. The fraction of sp³-hybridized carbons (Fsp3) is 0.273. The van der Waals surface area contributed by atoms with Crippen LogP contribution < -0.4 is 10.6 Å². The number of hydrogen-bond acceptors (Lipinski definition) is 5. The Balaban J connectivity index is 1.52. The van der Waals surface area contributed by atoms with Crippen molar-refractivity contribution in [2.24, 2.45) is 5.73 Å². The number of hydrogen-bond donors (Lipinski definition) is 1. The Morgan fingerprint density at radius 1 is 1.12 bits per heavy atom. The van der Waals surface area contributed by atoms with E-state index in [1.807, 2.05) is 17.0 Å². The summed E-state index contributed by atoms with van der Waals surface area (Å²) in [5.41, 5.74) is 6.72. The molecule has 0 aliphatic carbocycles. The van der Waals surface area contributed by atoms with E-state index in [1.54, 1.807) is 34.7 Å². The average Bonchev–Trinajstić information content (AvgIpc) is 3.22. The van der Waals surface area contributed by atoms with Gasteiger partial charge in [-0.15, -0.1) is 5.10 Å². The van der Waals surface area contributed by atoms with Gasteiger partial charge in [0.2, 0.25) is 0 Å². The summed E-state index contributed by atoms with van der Waals surface area (Å²) in [7, 11) is 0. The number of carbonyl (C=O) groups excluding carboxylic acids is 1. The van der Waals surface area contributed by atoms with Gasteiger partial charge in [0.15, 0.2) is 5.65 Å². The second kappa shape index (κ2) is 7.70. The quantitative estimate of drug-likeness (QED) is 0.532. The van der Waals surface area contributed by atoms with Gasteiger partial charge in [0.1, 0.15) is 17.5 Å². The van der Waals surface area contributed by atoms with Crippen LogP contribution in [-0.2, 0) is 0 Å². The molecule has 1 saturated heterocycles. The van der Waals surface area contributed by atoms with Crippen molar-refractivity contribution in [2.75, 3.05) is 31.1 Å². The molecule has 5 rings (SSSR count). The predicted octanol–water partition coefficient (Wildman–Crippen LogP) is 2.91. The number of amides is 2. The zero-order chi connectivity index (χ0) is 22.4. The smallest absolute Gasteiger partial charge is 0.314 e. The van der Waals surface area contributed by atoms with Crippen LogP contribution in [0.4, 0.5) is 19.4 Å². The van der Waals surface area contributed by atoms with Gasteiger partial charge in [0.25, 0.3) is 0 Å². The van der Waals surface area contributed by atoms with Crippen LogP contribution in [0.25, 0.3) is 16.6 Å². The van der Waals surface area contributed by atoms with Crippen LogP contribution in [0.1, 0.15) is 24.1 Å². The standard InChI is InChI=1S/C22H21F2N7O/c1-13(20-15(23)11-16-14(21(20)24)3-2-6-26-16)17-12-27-18-4-5-19(28-31(17)18)29-7-9-30(10-8-29)22(25)32/h2-6,11-13H,7-10H2,1H3,(H2,25,32). The Bertz CT molecular complexity index is 1330. The van der Waals surface area contributed by atoms with E-state index in [-0.39, 0.29) is 16.5 Å². The first-order valence-corrected chi connectivity index (χ1v) is 10.3. The van der Waals surface area contributed by atoms with Gasteiger partial charge in [0.05, 0.1) is 17.4 Å². The molecule has 0 saturated carbocycles. The van der Waals surface area contributed by atoms with Crippen molar-refractivity contribution < 1.29 is 13.6 Å². The molecule has 4 heterocycles. The van der Waals surface area contributed by atoms with Crippen LogP contribution in [-0.4, -0.2) is 56.7 Å². The molecular formula is C22H21F2N7O. The van der Waals surface area contributed by atoms with Crippen LogP contribution in [0, 0.1) is 11.6 Å². The number of benzene rings is 1. The zero-order valence-corrected chi connectivity index (χ0v) is 17.4. The lowest BCUT2D eigenvalue weighted by molar-refractivity contribution is 0.204. The number of nitrogens with zero attached hydrogens (tertiary/aromatic N) is 6. The summed E-state index contributed by atoms with van der Waals surface area (Å²) in [5.74, 6) is -1.23. The maximum absolute atomic E-state index is 15.3. The van der Waals surface area contributed by atoms with E-state index in [4.69, 9.17) is 5.73 Å². The number of piperazine rings is 1. The monoisotopic (exact) mass is 437 g/mol. The topological polar surface area (TPSA) is 92.6 Å². The molecule has 1 aromatic carbocycles. The lowest BCUT2D eigenvalue weighted by Gasteiger charge is -2.34. The van der Waals surface area contributed by atoms with Crippen molar-refractivity contribution >= 4 is 28.4 Å². The number of nitrogens with two attached hydrogens (primary N) is 1. The highest BCUT2D eigenvalue weighted by Gasteiger charge is 2.25. The molecule has 1 aliphatic heterocycles. The van der Waals surface area contributed by atoms with E-state index >= 15 is 4.39 Å². The Hall–Kier alpha value is -3.82. The highest BCUT2D eigenvalue weighted by molar-refractivity contribution is 5.80. The first-order chi connectivity index (χ1) is 15.4. The molecule has 1 fully saturated rings. The van der Waals surface area contributed by atoms with Gasteiger partial charge in [-0.1, -0.05) is 6.92 Å². The first-order valence-electron chi connectivity index (χ1n) is 10.3. The molecule has 32 heavy (non-hydrogen) atoms. The predicted molar refractivity (Wildman–Crippen MR) is 116 cm³/mol. The maximum atomic E-state index is 15.3. The normalized spacial score (nSPS) is 15.5. The van der Waals surface area contributed by atoms with Gasteiger partial charge < -0.3 is 15.5 Å². The summed E-state index contributed by atoms with van der Waals surface area (Å²) in [6.45, 7) is 3.91. The number of anilines is 1. The van der Waals surface area contributed by atoms with Crippen LogP contribution in [0.5, 0.6) is 0 Å². The summed E-state index contributed by atoms with van der Waals surface area (Å²) >= 11 is 0. The Kier molecular flexibility index (Phi) is 4.84. The summed E-state index contributed by atoms with van der Waals surface area (Å²) in [6, 6.07) is 7.69. The molecule has 1 atom stereocenters. The third kappa shape index (κ3) is 3.28. The Morgan fingerprint density at radius 2 is 1.91 bits per heavy atom. The molecule has 8 nitrogen and oxygen atoms in total. The van der Waals surface area contributed by atoms with E-state index in [0.717, 1.165) is 0 Å². The fourth-order valence-corrected chi connectivity index (χ4v) is 4.21. The summed E-state index contributed by atoms with van der Waals surface area (Å²) in [4.78, 5) is 23.4. The van der Waals surface area contributed by atoms with Gasteiger partial charge in [-0.25, -0.2) is 23.1 Å². The largest absolute Gasteiger partial charge is 0.352 e. The zero-order valence-electron chi connectivity index (χ0n) is 17.4. The lowest BCUT2D eigenvalue weighted by Crippen LogP contribution is -2.50. The fourth-order valence-electron chi connectivity index (χ4n) is 4.21. The summed E-state index contributed by atoms with van der Waals surface area (Å²) < 4.78 is 31.8. The minimum atomic E-state index is -0.658. The Labute approximate surface area is 182 Å². The van der Waals surface area contributed by atoms with Crippen molar-refractivity contribution in [3.05, 3.63) is 65.6 Å². The summed E-state index contributed by atoms with van der Waals surface area (Å²) in [5, 5.41) is 4.95. The third-order valence-corrected chi connectivity index (χ3v) is 6.00. The third-order valence-electron chi connectivity index (χ3n) is 6.00. The van der Waals surface area contributed by atoms with E-state index in [2.05, 4.69) is 15.1 Å². The van der Waals surface area contributed by atoms with Gasteiger partial charge in [-0.2, -0.15) is 0 Å². The number of carbonyl (C=O) groups is 1. The van der Waals surface area contributed by atoms with Crippen LogP contribution in [0.15, 0.2) is 42.7 Å². The molecule has 4 aromatic rings. The molecule has 0 bridgehead atoms. The minimum Gasteiger partial charge on any atom is -0.352 e. The number of imidazole rings is 1. The second-order valence-corrected chi connectivity index (χ2v) is 7.83. The Morgan fingerprint density at radius 3 is 2.66 bits per heavy atom. The first kappa shape index (κ1) is 20.1. The van der Waals surface area contributed by atoms with Crippen molar-refractivity contribution in [3.8, 4) is 0 Å². The molecule has 1 aliphatic rings. The highest BCUT2D eigenvalue weighted by Crippen LogP contribution is 2.33. The van der Waals surface area contributed by atoms with Crippen molar-refractivity contribution in [3.63, 3.8) is 0 Å². The molecule has 3 aromatic heterocycles. The molecule has 10 heteroatoms. The van der Waals surface area contributed by atoms with Gasteiger partial charge in [-0.3, -0.25) is 4.98 Å². The van der Waals surface area contributed by atoms with E-state index in [0.29, 0.717) is 43.3 Å². The number of pyridine rings is 1. The van der Waals surface area contributed by atoms with Gasteiger partial charge in [0, 0.05) is 55.3 Å². The molecular weight excluding hydrogens is 416 g/mol. The average molecular weight is 437 g/mol. The second-order valence-electron chi connectivity index (χ2n) is 7.83. The SMILES string of the molecule is CC(c1c(F)cc2ncccc2c1F)c1cnc2ccc(N3CCN(C(N)=O)CC3)nn12. The lowest BCUT2D eigenvalue weighted by atomic mass is 9.95. The van der Waals surface area contributed by atoms with Crippen LogP contribution >= 0.6 is 0 Å². The van der Waals surface area contributed by atoms with Crippen molar-refractivity contribution in [1.82, 2.24) is 24.5 Å². The minimum absolute atomic E-state index is 0.0467. The van der Waals surface area contributed by atoms with Crippen LogP contribution in [0.2, 0.25) is 0 Å². The highest BCUT2D eigenvalue weighted by atomic mass is 19.1. The van der Waals surface area contributed by atoms with E-state index in [9.17, 15) is 9.18 Å². The maximum Gasteiger partial charge on any atom is 0.314 e. The number of aromatic nitrogens is 4. The number of halogens is 2. The molecule has 1 unspecified atom stereocenters. The number of urea groups is 1. The number of primary amides is 1. The van der Waals surface area contributed by atoms with E-state index in [1.165, 1.54) is 12.3 Å². The molecule has 164 valence electrons. The van der Waals surface area contributed by atoms with Crippen molar-refractivity contribution in [1.29, 1.82) is 0 Å². The van der Waals surface area contributed by atoms with Crippen molar-refractivity contribution in [2.45, 2.75) is 12.8 Å². The van der Waals surface area contributed by atoms with E-state index < -0.39 is 23.6 Å². The molecule has 0 spiro atoms.